The van der Waals surface area contributed by atoms with Gasteiger partial charge in [-0.3, -0.25) is 15.0 Å². The van der Waals surface area contributed by atoms with Gasteiger partial charge in [-0.2, -0.15) is 0 Å². The third kappa shape index (κ3) is 3.21. The van der Waals surface area contributed by atoms with Crippen LogP contribution < -0.4 is 10.8 Å². The number of nitrogens with one attached hydrogen (secondary N) is 2. The van der Waals surface area contributed by atoms with E-state index in [-0.39, 0.29) is 17.9 Å². The number of sulfone groups is 1. The molecule has 2 atom stereocenters. The maximum atomic E-state index is 13.0. The quantitative estimate of drug-likeness (QED) is 0.440. The fourth-order valence-corrected chi connectivity index (χ4v) is 5.11. The zero-order valence-corrected chi connectivity index (χ0v) is 14.6. The number of aliphatic hydroxyl groups is 1. The fraction of sp³-hybridized carbons (Fsp3) is 0.294. The first kappa shape index (κ1) is 18.5. The molecule has 1 aromatic carbocycles. The number of piperidine rings is 1. The van der Waals surface area contributed by atoms with Gasteiger partial charge in [-0.05, 0) is 42.3 Å². The van der Waals surface area contributed by atoms with Crippen molar-refractivity contribution in [3.8, 4) is 11.1 Å². The molecule has 1 fully saturated rings. The molecular weight excluding hydrogens is 358 g/mol. The maximum absolute atomic E-state index is 13.0. The van der Waals surface area contributed by atoms with Crippen LogP contribution in [0.2, 0.25) is 0 Å². The molecule has 138 valence electrons. The normalized spacial score (nSPS) is 23.4. The van der Waals surface area contributed by atoms with E-state index < -0.39 is 26.6 Å². The topological polar surface area (TPSA) is 129 Å². The van der Waals surface area contributed by atoms with Crippen molar-refractivity contribution in [2.24, 2.45) is 0 Å². The molecule has 0 saturated carbocycles. The average Bonchev–Trinajstić information content (AvgIpc) is 2.68. The second-order valence-corrected chi connectivity index (χ2v) is 8.26. The smallest absolute Gasteiger partial charge is 0.277 e. The summed E-state index contributed by atoms with van der Waals surface area (Å²) in [6.07, 6.45) is 3.35. The van der Waals surface area contributed by atoms with E-state index in [1.54, 1.807) is 30.6 Å². The zero-order chi connectivity index (χ0) is 18.8. The van der Waals surface area contributed by atoms with Crippen molar-refractivity contribution in [2.75, 3.05) is 13.1 Å². The number of carbonyl (C=O) groups is 1. The Hall–Kier alpha value is -2.33. The molecule has 1 aliphatic heterocycles. The number of aromatic nitrogens is 1. The van der Waals surface area contributed by atoms with Gasteiger partial charge < -0.3 is 10.4 Å². The third-order valence-electron chi connectivity index (χ3n) is 4.56. The number of rotatable bonds is 4. The zero-order valence-electron chi connectivity index (χ0n) is 13.8. The number of hydroxylamine groups is 1. The van der Waals surface area contributed by atoms with Gasteiger partial charge in [-0.1, -0.05) is 18.2 Å². The monoisotopic (exact) mass is 377 g/mol. The van der Waals surface area contributed by atoms with E-state index in [0.717, 1.165) is 11.1 Å². The Morgan fingerprint density at radius 2 is 1.96 bits per heavy atom. The number of nitrogens with zero attached hydrogens (tertiary/aromatic N) is 1. The van der Waals surface area contributed by atoms with Crippen LogP contribution >= 0.6 is 0 Å². The second kappa shape index (κ2) is 7.12. The minimum absolute atomic E-state index is 0.00112. The summed E-state index contributed by atoms with van der Waals surface area (Å²) in [5.74, 6) is -1.15. The van der Waals surface area contributed by atoms with Gasteiger partial charge in [-0.15, -0.1) is 0 Å². The van der Waals surface area contributed by atoms with Gasteiger partial charge in [0.25, 0.3) is 5.91 Å². The Morgan fingerprint density at radius 3 is 2.58 bits per heavy atom. The first-order valence-corrected chi connectivity index (χ1v) is 9.56. The summed E-state index contributed by atoms with van der Waals surface area (Å²) in [6.45, 7) is 0.0652. The SMILES string of the molecule is O=C(NO)C1(O)CNCCC1S(=O)(=O)c1ccc(-c2cccnc2)cc1. The molecule has 0 radical (unpaired) electrons. The van der Waals surface area contributed by atoms with Crippen LogP contribution in [0.3, 0.4) is 0 Å². The van der Waals surface area contributed by atoms with Crippen LogP contribution in [-0.2, 0) is 14.6 Å². The van der Waals surface area contributed by atoms with Crippen LogP contribution in [0.4, 0.5) is 0 Å². The summed E-state index contributed by atoms with van der Waals surface area (Å²) in [6, 6.07) is 9.82. The number of hydrogen-bond acceptors (Lipinski definition) is 7. The number of β-amino-alcohol motifs (C(OH)–C–C–N with tert-alkyl or cyclic N) is 1. The van der Waals surface area contributed by atoms with Gasteiger partial charge in [0, 0.05) is 18.9 Å². The van der Waals surface area contributed by atoms with Crippen molar-refractivity contribution >= 4 is 15.7 Å². The van der Waals surface area contributed by atoms with E-state index in [0.29, 0.717) is 6.54 Å². The highest BCUT2D eigenvalue weighted by Gasteiger charge is 2.52. The lowest BCUT2D eigenvalue weighted by molar-refractivity contribution is -0.149. The van der Waals surface area contributed by atoms with E-state index in [2.05, 4.69) is 10.3 Å². The fourth-order valence-electron chi connectivity index (χ4n) is 3.13. The second-order valence-electron chi connectivity index (χ2n) is 6.13. The highest BCUT2D eigenvalue weighted by molar-refractivity contribution is 7.92. The average molecular weight is 377 g/mol. The van der Waals surface area contributed by atoms with Crippen molar-refractivity contribution < 1.29 is 23.5 Å². The number of hydrogen-bond donors (Lipinski definition) is 4. The Kier molecular flexibility index (Phi) is 5.05. The summed E-state index contributed by atoms with van der Waals surface area (Å²) in [4.78, 5) is 15.9. The highest BCUT2D eigenvalue weighted by atomic mass is 32.2. The van der Waals surface area contributed by atoms with Gasteiger partial charge in [0.1, 0.15) is 5.25 Å². The van der Waals surface area contributed by atoms with E-state index in [1.807, 2.05) is 6.07 Å². The molecule has 2 unspecified atom stereocenters. The minimum atomic E-state index is -4.00. The van der Waals surface area contributed by atoms with Crippen LogP contribution in [-0.4, -0.2) is 53.6 Å². The molecule has 4 N–H and O–H groups in total. The van der Waals surface area contributed by atoms with Crippen LogP contribution in [0.1, 0.15) is 6.42 Å². The van der Waals surface area contributed by atoms with E-state index >= 15 is 0 Å². The van der Waals surface area contributed by atoms with Gasteiger partial charge in [0.15, 0.2) is 15.4 Å². The number of pyridine rings is 1. The summed E-state index contributed by atoms with van der Waals surface area (Å²) < 4.78 is 26.0. The first-order valence-electron chi connectivity index (χ1n) is 8.01. The van der Waals surface area contributed by atoms with Gasteiger partial charge in [0.2, 0.25) is 0 Å². The van der Waals surface area contributed by atoms with E-state index in [4.69, 9.17) is 5.21 Å². The van der Waals surface area contributed by atoms with E-state index in [1.165, 1.54) is 17.6 Å². The van der Waals surface area contributed by atoms with Gasteiger partial charge >= 0.3 is 0 Å². The molecule has 2 heterocycles. The molecule has 8 nitrogen and oxygen atoms in total. The molecule has 0 bridgehead atoms. The number of benzene rings is 1. The van der Waals surface area contributed by atoms with Gasteiger partial charge in [-0.25, -0.2) is 13.9 Å². The van der Waals surface area contributed by atoms with Gasteiger partial charge in [0.05, 0.1) is 4.90 Å². The molecule has 1 amide bonds. The number of carbonyl (C=O) groups excluding carboxylic acids is 1. The van der Waals surface area contributed by atoms with Crippen molar-refractivity contribution in [1.82, 2.24) is 15.8 Å². The van der Waals surface area contributed by atoms with Crippen molar-refractivity contribution in [3.05, 3.63) is 48.8 Å². The van der Waals surface area contributed by atoms with Crippen LogP contribution in [0.15, 0.2) is 53.7 Å². The minimum Gasteiger partial charge on any atom is -0.377 e. The third-order valence-corrected chi connectivity index (χ3v) is 6.86. The summed E-state index contributed by atoms with van der Waals surface area (Å²) >= 11 is 0. The summed E-state index contributed by atoms with van der Waals surface area (Å²) in [5, 5.41) is 20.9. The number of amides is 1. The Balaban J connectivity index is 1.95. The van der Waals surface area contributed by atoms with Crippen LogP contribution in [0, 0.1) is 0 Å². The van der Waals surface area contributed by atoms with Crippen molar-refractivity contribution in [2.45, 2.75) is 22.2 Å². The molecule has 0 spiro atoms. The first-order chi connectivity index (χ1) is 12.4. The molecule has 0 aliphatic carbocycles. The lowest BCUT2D eigenvalue weighted by Gasteiger charge is -2.37. The standard InChI is InChI=1S/C17H19N3O5S/c21-16(20-23)17(22)11-19-9-7-15(17)26(24,25)14-5-3-12(4-6-14)13-2-1-8-18-10-13/h1-6,8,10,15,19,22-23H,7,9,11H2,(H,20,21). The molecule has 1 saturated heterocycles. The summed E-state index contributed by atoms with van der Waals surface area (Å²) in [7, 11) is -4.00. The van der Waals surface area contributed by atoms with Crippen LogP contribution in [0.5, 0.6) is 0 Å². The largest absolute Gasteiger partial charge is 0.377 e. The Labute approximate surface area is 150 Å². The van der Waals surface area contributed by atoms with Crippen molar-refractivity contribution in [3.63, 3.8) is 0 Å². The van der Waals surface area contributed by atoms with Crippen molar-refractivity contribution in [1.29, 1.82) is 0 Å². The maximum Gasteiger partial charge on any atom is 0.277 e. The lowest BCUT2D eigenvalue weighted by atomic mass is 9.93. The molecule has 1 aliphatic rings. The predicted octanol–water partition coefficient (Wildman–Crippen LogP) is 0.121. The molecular formula is C17H19N3O5S. The Morgan fingerprint density at radius 1 is 1.23 bits per heavy atom. The molecule has 2 aromatic rings. The molecule has 1 aromatic heterocycles. The molecule has 3 rings (SSSR count). The van der Waals surface area contributed by atoms with E-state index in [9.17, 15) is 18.3 Å². The van der Waals surface area contributed by atoms with Crippen LogP contribution in [0.25, 0.3) is 11.1 Å². The lowest BCUT2D eigenvalue weighted by Crippen LogP contribution is -2.65. The predicted molar refractivity (Wildman–Crippen MR) is 93.0 cm³/mol. The molecule has 9 heteroatoms. The highest BCUT2D eigenvalue weighted by Crippen LogP contribution is 2.30. The molecule has 26 heavy (non-hydrogen) atoms. The summed E-state index contributed by atoms with van der Waals surface area (Å²) in [5.41, 5.74) is 0.742. The Bertz CT molecular complexity index is 886.